The zero-order valence-corrected chi connectivity index (χ0v) is 21.1. The fourth-order valence-electron chi connectivity index (χ4n) is 4.56. The lowest BCUT2D eigenvalue weighted by atomic mass is 10.1. The van der Waals surface area contributed by atoms with Crippen molar-refractivity contribution in [3.8, 4) is 16.9 Å². The Kier molecular flexibility index (Phi) is 6.27. The summed E-state index contributed by atoms with van der Waals surface area (Å²) in [6.45, 7) is 2.87. The summed E-state index contributed by atoms with van der Waals surface area (Å²) in [6.07, 6.45) is 5.12. The third-order valence-electron chi connectivity index (χ3n) is 6.57. The first-order valence-electron chi connectivity index (χ1n) is 12.2. The maximum atomic E-state index is 12.7. The van der Waals surface area contributed by atoms with Crippen LogP contribution in [0.2, 0.25) is 5.02 Å². The summed E-state index contributed by atoms with van der Waals surface area (Å²) < 4.78 is 1.68. The second kappa shape index (κ2) is 10.0. The van der Waals surface area contributed by atoms with Crippen LogP contribution in [0.4, 0.5) is 17.3 Å². The first-order valence-corrected chi connectivity index (χ1v) is 12.6. The predicted octanol–water partition coefficient (Wildman–Crippen LogP) is 4.86. The standard InChI is InChI=1S/C28H24ClN7O2/c29-25-7-6-23(37)17-24(25)20-1-8-26-32-28(33-36(26)18-20)31-21-2-4-22(5-3-21)34-13-15-35(16-14-34)27(38)19-9-11-30-12-10-19/h1-12,17-18,37H,13-16H2,(H,31,33). The number of nitrogens with zero attached hydrogens (tertiary/aromatic N) is 6. The van der Waals surface area contributed by atoms with E-state index < -0.39 is 0 Å². The number of carbonyl (C=O) groups excluding carboxylic acids is 1. The zero-order valence-electron chi connectivity index (χ0n) is 20.3. The summed E-state index contributed by atoms with van der Waals surface area (Å²) in [7, 11) is 0. The fraction of sp³-hybridized carbons (Fsp3) is 0.143. The molecule has 6 rings (SSSR count). The number of hydrogen-bond donors (Lipinski definition) is 2. The van der Waals surface area contributed by atoms with E-state index in [0.717, 1.165) is 35.6 Å². The molecule has 2 N–H and O–H groups in total. The Bertz CT molecular complexity index is 1600. The summed E-state index contributed by atoms with van der Waals surface area (Å²) in [5.74, 6) is 0.665. The van der Waals surface area contributed by atoms with Crippen LogP contribution >= 0.6 is 11.6 Å². The Labute approximate surface area is 223 Å². The van der Waals surface area contributed by atoms with E-state index in [1.54, 1.807) is 47.2 Å². The monoisotopic (exact) mass is 525 g/mol. The highest BCUT2D eigenvalue weighted by Gasteiger charge is 2.22. The molecular weight excluding hydrogens is 502 g/mol. The molecule has 10 heteroatoms. The number of benzene rings is 2. The second-order valence-electron chi connectivity index (χ2n) is 9.01. The van der Waals surface area contributed by atoms with Gasteiger partial charge in [-0.25, -0.2) is 4.52 Å². The first-order chi connectivity index (χ1) is 18.5. The van der Waals surface area contributed by atoms with Gasteiger partial charge in [0.25, 0.3) is 5.91 Å². The quantitative estimate of drug-likeness (QED) is 0.338. The number of hydrogen-bond acceptors (Lipinski definition) is 7. The van der Waals surface area contributed by atoms with E-state index in [9.17, 15) is 9.90 Å². The van der Waals surface area contributed by atoms with E-state index in [1.165, 1.54) is 0 Å². The van der Waals surface area contributed by atoms with Crippen molar-refractivity contribution in [1.82, 2.24) is 24.5 Å². The Morgan fingerprint density at radius 1 is 0.921 bits per heavy atom. The van der Waals surface area contributed by atoms with Crippen LogP contribution in [0.25, 0.3) is 16.8 Å². The van der Waals surface area contributed by atoms with E-state index in [4.69, 9.17) is 11.6 Å². The smallest absolute Gasteiger partial charge is 0.254 e. The molecule has 0 atom stereocenters. The number of nitrogens with one attached hydrogen (secondary N) is 1. The number of aromatic hydroxyl groups is 1. The Balaban J connectivity index is 1.11. The minimum absolute atomic E-state index is 0.0451. The number of fused-ring (bicyclic) bond motifs is 1. The van der Waals surface area contributed by atoms with Crippen LogP contribution in [0.5, 0.6) is 5.75 Å². The van der Waals surface area contributed by atoms with E-state index in [1.807, 2.05) is 35.4 Å². The molecule has 190 valence electrons. The van der Waals surface area contributed by atoms with E-state index >= 15 is 0 Å². The van der Waals surface area contributed by atoms with E-state index in [0.29, 0.717) is 35.3 Å². The number of piperazine rings is 1. The maximum Gasteiger partial charge on any atom is 0.254 e. The number of phenolic OH excluding ortho intramolecular Hbond substituents is 1. The zero-order chi connectivity index (χ0) is 26.1. The Morgan fingerprint density at radius 3 is 2.45 bits per heavy atom. The summed E-state index contributed by atoms with van der Waals surface area (Å²) in [5.41, 5.74) is 4.86. The molecule has 0 aliphatic carbocycles. The van der Waals surface area contributed by atoms with Gasteiger partial charge in [0.15, 0.2) is 5.65 Å². The number of phenols is 1. The van der Waals surface area contributed by atoms with Gasteiger partial charge in [-0.1, -0.05) is 11.6 Å². The van der Waals surface area contributed by atoms with Crippen LogP contribution in [-0.4, -0.2) is 61.7 Å². The average molecular weight is 526 g/mol. The van der Waals surface area contributed by atoms with Crippen molar-refractivity contribution in [2.45, 2.75) is 0 Å². The lowest BCUT2D eigenvalue weighted by Gasteiger charge is -2.36. The maximum absolute atomic E-state index is 12.7. The van der Waals surface area contributed by atoms with Gasteiger partial charge in [0.2, 0.25) is 5.95 Å². The molecule has 0 bridgehead atoms. The van der Waals surface area contributed by atoms with Crippen molar-refractivity contribution in [2.24, 2.45) is 0 Å². The average Bonchev–Trinajstić information content (AvgIpc) is 3.36. The Morgan fingerprint density at radius 2 is 1.68 bits per heavy atom. The molecule has 1 aliphatic rings. The highest BCUT2D eigenvalue weighted by molar-refractivity contribution is 6.33. The fourth-order valence-corrected chi connectivity index (χ4v) is 4.79. The van der Waals surface area contributed by atoms with Crippen molar-refractivity contribution >= 4 is 40.5 Å². The highest BCUT2D eigenvalue weighted by Crippen LogP contribution is 2.31. The van der Waals surface area contributed by atoms with Crippen LogP contribution in [0, 0.1) is 0 Å². The highest BCUT2D eigenvalue weighted by atomic mass is 35.5. The lowest BCUT2D eigenvalue weighted by molar-refractivity contribution is 0.0746. The molecule has 1 saturated heterocycles. The van der Waals surface area contributed by atoms with Crippen LogP contribution in [0.1, 0.15) is 10.4 Å². The normalized spacial score (nSPS) is 13.6. The number of anilines is 3. The van der Waals surface area contributed by atoms with E-state index in [2.05, 4.69) is 37.4 Å². The summed E-state index contributed by atoms with van der Waals surface area (Å²) in [4.78, 5) is 25.4. The van der Waals surface area contributed by atoms with Gasteiger partial charge in [-0.15, -0.1) is 5.10 Å². The summed E-state index contributed by atoms with van der Waals surface area (Å²) >= 11 is 6.32. The van der Waals surface area contributed by atoms with Crippen LogP contribution < -0.4 is 10.2 Å². The number of rotatable bonds is 5. The summed E-state index contributed by atoms with van der Waals surface area (Å²) in [5, 5.41) is 18.2. The van der Waals surface area contributed by atoms with Gasteiger partial charge >= 0.3 is 0 Å². The number of amides is 1. The molecule has 5 aromatic rings. The lowest BCUT2D eigenvalue weighted by Crippen LogP contribution is -2.48. The van der Waals surface area contributed by atoms with Crippen molar-refractivity contribution < 1.29 is 9.90 Å². The van der Waals surface area contributed by atoms with Crippen molar-refractivity contribution in [1.29, 1.82) is 0 Å². The van der Waals surface area contributed by atoms with Crippen molar-refractivity contribution in [3.05, 3.63) is 95.9 Å². The molecule has 38 heavy (non-hydrogen) atoms. The van der Waals surface area contributed by atoms with Gasteiger partial charge in [0.05, 0.1) is 0 Å². The van der Waals surface area contributed by atoms with Crippen molar-refractivity contribution in [3.63, 3.8) is 0 Å². The van der Waals surface area contributed by atoms with Gasteiger partial charge in [-0.3, -0.25) is 9.78 Å². The molecule has 0 unspecified atom stereocenters. The van der Waals surface area contributed by atoms with E-state index in [-0.39, 0.29) is 11.7 Å². The molecule has 2 aromatic carbocycles. The number of halogens is 1. The molecule has 1 amide bonds. The summed E-state index contributed by atoms with van der Waals surface area (Å²) in [6, 6.07) is 20.2. The van der Waals surface area contributed by atoms with Gasteiger partial charge in [0, 0.05) is 77.9 Å². The molecule has 0 radical (unpaired) electrons. The molecule has 0 saturated carbocycles. The van der Waals surface area contributed by atoms with Gasteiger partial charge in [0.1, 0.15) is 5.75 Å². The molecule has 4 heterocycles. The van der Waals surface area contributed by atoms with Gasteiger partial charge < -0.3 is 20.2 Å². The van der Waals surface area contributed by atoms with Crippen molar-refractivity contribution in [2.75, 3.05) is 36.4 Å². The third-order valence-corrected chi connectivity index (χ3v) is 6.90. The van der Waals surface area contributed by atoms with Gasteiger partial charge in [-0.05, 0) is 66.7 Å². The first kappa shape index (κ1) is 23.7. The third kappa shape index (κ3) is 4.83. The topological polar surface area (TPSA) is 98.9 Å². The second-order valence-corrected chi connectivity index (χ2v) is 9.41. The van der Waals surface area contributed by atoms with Crippen LogP contribution in [0.15, 0.2) is 85.3 Å². The number of pyridine rings is 2. The minimum atomic E-state index is 0.0451. The van der Waals surface area contributed by atoms with Crippen LogP contribution in [0.3, 0.4) is 0 Å². The van der Waals surface area contributed by atoms with Crippen LogP contribution in [-0.2, 0) is 0 Å². The minimum Gasteiger partial charge on any atom is -0.508 e. The largest absolute Gasteiger partial charge is 0.508 e. The Hall–Kier alpha value is -4.63. The molecular formula is C28H24ClN7O2. The molecule has 1 fully saturated rings. The van der Waals surface area contributed by atoms with Gasteiger partial charge in [-0.2, -0.15) is 4.98 Å². The molecule has 3 aromatic heterocycles. The molecule has 9 nitrogen and oxygen atoms in total. The number of aromatic nitrogens is 4. The molecule has 0 spiro atoms. The SMILES string of the molecule is O=C(c1ccncc1)N1CCN(c2ccc(Nc3nc4ccc(-c5cc(O)ccc5Cl)cn4n3)cc2)CC1. The molecule has 1 aliphatic heterocycles. The number of carbonyl (C=O) groups is 1. The predicted molar refractivity (Wildman–Crippen MR) is 147 cm³/mol.